The van der Waals surface area contributed by atoms with Gasteiger partial charge in [0.05, 0.1) is 6.04 Å². The maximum atomic E-state index is 12.8. The van der Waals surface area contributed by atoms with E-state index in [2.05, 4.69) is 65.1 Å². The molecule has 2 saturated heterocycles. The monoisotopic (exact) mass is 438 g/mol. The number of aryl methyl sites for hydroxylation is 1. The lowest BCUT2D eigenvalue weighted by molar-refractivity contribution is -0.135. The summed E-state index contributed by atoms with van der Waals surface area (Å²) in [7, 11) is 0. The number of para-hydroxylation sites is 1. The average molecular weight is 439 g/mol. The van der Waals surface area contributed by atoms with Crippen LogP contribution >= 0.6 is 0 Å². The Morgan fingerprint density at radius 1 is 1.09 bits per heavy atom. The van der Waals surface area contributed by atoms with E-state index in [1.165, 1.54) is 22.2 Å². The van der Waals surface area contributed by atoms with Crippen LogP contribution in [0.3, 0.4) is 0 Å². The van der Waals surface area contributed by atoms with E-state index in [0.717, 1.165) is 77.6 Å². The number of nitrogens with zero attached hydrogens (tertiary/aromatic N) is 4. The molecule has 2 aliphatic rings. The Hall–Kier alpha value is -2.54. The number of piperazine rings is 1. The van der Waals surface area contributed by atoms with Crippen molar-refractivity contribution in [3.8, 4) is 0 Å². The predicted molar refractivity (Wildman–Crippen MR) is 131 cm³/mol. The van der Waals surface area contributed by atoms with Gasteiger partial charge < -0.3 is 20.1 Å². The first-order valence-corrected chi connectivity index (χ1v) is 12.2. The van der Waals surface area contributed by atoms with Crippen LogP contribution in [-0.2, 0) is 11.2 Å². The first-order chi connectivity index (χ1) is 15.6. The number of likely N-dealkylation sites (tertiary alicyclic amines) is 1. The van der Waals surface area contributed by atoms with Crippen LogP contribution in [0.25, 0.3) is 10.9 Å². The molecular formula is C25H38N6O. The summed E-state index contributed by atoms with van der Waals surface area (Å²) in [6.45, 7) is 13.4. The molecule has 2 N–H and O–H groups in total. The molecule has 1 aromatic heterocycles. The highest BCUT2D eigenvalue weighted by atomic mass is 16.2. The predicted octanol–water partition coefficient (Wildman–Crippen LogP) is 2.61. The van der Waals surface area contributed by atoms with Crippen LogP contribution in [0.15, 0.2) is 29.3 Å². The number of aromatic nitrogens is 1. The van der Waals surface area contributed by atoms with Crippen molar-refractivity contribution in [2.75, 3.05) is 52.4 Å². The SMILES string of the molecule is CCNC(=NCCc1c(C)[nH]c2ccccc12)N1CCN(C(C)C(=O)N2CCCC2)CC1. The molecule has 0 radical (unpaired) electrons. The molecular weight excluding hydrogens is 400 g/mol. The van der Waals surface area contributed by atoms with Gasteiger partial charge in [-0.3, -0.25) is 14.7 Å². The van der Waals surface area contributed by atoms with E-state index < -0.39 is 0 Å². The molecule has 2 fully saturated rings. The van der Waals surface area contributed by atoms with E-state index in [1.807, 2.05) is 4.90 Å². The average Bonchev–Trinajstić information content (AvgIpc) is 3.46. The molecule has 174 valence electrons. The Kier molecular flexibility index (Phi) is 7.35. The highest BCUT2D eigenvalue weighted by molar-refractivity contribution is 5.85. The zero-order valence-electron chi connectivity index (χ0n) is 19.9. The molecule has 3 heterocycles. The van der Waals surface area contributed by atoms with Gasteiger partial charge >= 0.3 is 0 Å². The molecule has 2 aromatic rings. The molecule has 7 heteroatoms. The van der Waals surface area contributed by atoms with Gasteiger partial charge in [-0.1, -0.05) is 18.2 Å². The number of H-pyrrole nitrogens is 1. The van der Waals surface area contributed by atoms with Crippen LogP contribution in [0.2, 0.25) is 0 Å². The quantitative estimate of drug-likeness (QED) is 0.538. The number of hydrogen-bond acceptors (Lipinski definition) is 3. The summed E-state index contributed by atoms with van der Waals surface area (Å²) in [5.41, 5.74) is 3.79. The van der Waals surface area contributed by atoms with Crippen LogP contribution in [0.1, 0.15) is 37.9 Å². The second-order valence-electron chi connectivity index (χ2n) is 8.99. The third-order valence-corrected chi connectivity index (χ3v) is 6.92. The first-order valence-electron chi connectivity index (χ1n) is 12.2. The third kappa shape index (κ3) is 4.93. The molecule has 32 heavy (non-hydrogen) atoms. The van der Waals surface area contributed by atoms with Crippen LogP contribution in [0, 0.1) is 6.92 Å². The molecule has 1 unspecified atom stereocenters. The zero-order chi connectivity index (χ0) is 22.5. The fourth-order valence-electron chi connectivity index (χ4n) is 5.04. The van der Waals surface area contributed by atoms with E-state index in [9.17, 15) is 4.79 Å². The summed E-state index contributed by atoms with van der Waals surface area (Å²) in [6, 6.07) is 8.46. The molecule has 0 saturated carbocycles. The van der Waals surface area contributed by atoms with Gasteiger partial charge in [0.15, 0.2) is 5.96 Å². The second kappa shape index (κ2) is 10.4. The van der Waals surface area contributed by atoms with E-state index in [4.69, 9.17) is 4.99 Å². The zero-order valence-corrected chi connectivity index (χ0v) is 19.9. The minimum Gasteiger partial charge on any atom is -0.358 e. The Morgan fingerprint density at radius 3 is 2.53 bits per heavy atom. The number of aromatic amines is 1. The fraction of sp³-hybridized carbons (Fsp3) is 0.600. The third-order valence-electron chi connectivity index (χ3n) is 6.92. The van der Waals surface area contributed by atoms with Gasteiger partial charge in [0, 0.05) is 69.0 Å². The largest absolute Gasteiger partial charge is 0.358 e. The van der Waals surface area contributed by atoms with Gasteiger partial charge in [0.1, 0.15) is 0 Å². The number of amides is 1. The first kappa shape index (κ1) is 22.6. The number of rotatable bonds is 6. The van der Waals surface area contributed by atoms with Gasteiger partial charge in [-0.05, 0) is 51.7 Å². The van der Waals surface area contributed by atoms with Crippen LogP contribution < -0.4 is 5.32 Å². The molecule has 0 aliphatic carbocycles. The van der Waals surface area contributed by atoms with Gasteiger partial charge in [-0.15, -0.1) is 0 Å². The van der Waals surface area contributed by atoms with Crippen molar-refractivity contribution in [2.45, 2.75) is 46.1 Å². The molecule has 0 spiro atoms. The van der Waals surface area contributed by atoms with Gasteiger partial charge in [-0.25, -0.2) is 0 Å². The maximum absolute atomic E-state index is 12.8. The van der Waals surface area contributed by atoms with Crippen LogP contribution in [-0.4, -0.2) is 90.0 Å². The highest BCUT2D eigenvalue weighted by Gasteiger charge is 2.30. The molecule has 7 nitrogen and oxygen atoms in total. The number of aliphatic imine (C=N–C) groups is 1. The normalized spacial score (nSPS) is 19.0. The van der Waals surface area contributed by atoms with E-state index in [0.29, 0.717) is 5.91 Å². The Morgan fingerprint density at radius 2 is 1.81 bits per heavy atom. The number of carbonyl (C=O) groups is 1. The van der Waals surface area contributed by atoms with Crippen molar-refractivity contribution in [2.24, 2.45) is 4.99 Å². The fourth-order valence-corrected chi connectivity index (χ4v) is 5.04. The summed E-state index contributed by atoms with van der Waals surface area (Å²) in [5, 5.41) is 4.77. The summed E-state index contributed by atoms with van der Waals surface area (Å²) in [5.74, 6) is 1.29. The number of guanidine groups is 1. The van der Waals surface area contributed by atoms with Crippen molar-refractivity contribution in [1.29, 1.82) is 0 Å². The number of fused-ring (bicyclic) bond motifs is 1. The lowest BCUT2D eigenvalue weighted by Crippen LogP contribution is -2.57. The lowest BCUT2D eigenvalue weighted by Gasteiger charge is -2.39. The number of benzene rings is 1. The number of carbonyl (C=O) groups excluding carboxylic acids is 1. The second-order valence-corrected chi connectivity index (χ2v) is 8.99. The minimum absolute atomic E-state index is 0.0281. The smallest absolute Gasteiger partial charge is 0.239 e. The van der Waals surface area contributed by atoms with Crippen molar-refractivity contribution in [3.05, 3.63) is 35.5 Å². The molecule has 0 bridgehead atoms. The maximum Gasteiger partial charge on any atom is 0.239 e. The van der Waals surface area contributed by atoms with E-state index >= 15 is 0 Å². The van der Waals surface area contributed by atoms with Crippen molar-refractivity contribution in [1.82, 2.24) is 25.0 Å². The Bertz CT molecular complexity index is 937. The minimum atomic E-state index is -0.0281. The summed E-state index contributed by atoms with van der Waals surface area (Å²) in [4.78, 5) is 27.9. The van der Waals surface area contributed by atoms with Gasteiger partial charge in [0.2, 0.25) is 5.91 Å². The number of nitrogens with one attached hydrogen (secondary N) is 2. The van der Waals surface area contributed by atoms with Crippen molar-refractivity contribution in [3.63, 3.8) is 0 Å². The molecule has 1 aromatic carbocycles. The summed E-state index contributed by atoms with van der Waals surface area (Å²) < 4.78 is 0. The molecule has 4 rings (SSSR count). The standard InChI is InChI=1S/C25H38N6O/c1-4-26-25(27-12-11-21-19(2)28-23-10-6-5-9-22(21)23)31-17-15-29(16-18-31)20(3)24(32)30-13-7-8-14-30/h5-6,9-10,20,28H,4,7-8,11-18H2,1-3H3,(H,26,27). The number of hydrogen-bond donors (Lipinski definition) is 2. The van der Waals surface area contributed by atoms with Crippen LogP contribution in [0.4, 0.5) is 0 Å². The van der Waals surface area contributed by atoms with Crippen LogP contribution in [0.5, 0.6) is 0 Å². The molecule has 1 amide bonds. The Labute approximate surface area is 191 Å². The van der Waals surface area contributed by atoms with E-state index in [1.54, 1.807) is 0 Å². The Balaban J connectivity index is 1.34. The summed E-state index contributed by atoms with van der Waals surface area (Å²) >= 11 is 0. The molecule has 2 aliphatic heterocycles. The highest BCUT2D eigenvalue weighted by Crippen LogP contribution is 2.22. The summed E-state index contributed by atoms with van der Waals surface area (Å²) in [6.07, 6.45) is 3.21. The van der Waals surface area contributed by atoms with E-state index in [-0.39, 0.29) is 6.04 Å². The van der Waals surface area contributed by atoms with Crippen molar-refractivity contribution >= 4 is 22.8 Å². The topological polar surface area (TPSA) is 67.0 Å². The lowest BCUT2D eigenvalue weighted by atomic mass is 10.1. The van der Waals surface area contributed by atoms with Gasteiger partial charge in [-0.2, -0.15) is 0 Å². The van der Waals surface area contributed by atoms with Gasteiger partial charge in [0.25, 0.3) is 0 Å². The molecule has 1 atom stereocenters. The van der Waals surface area contributed by atoms with Crippen molar-refractivity contribution < 1.29 is 4.79 Å².